The molecule has 0 spiro atoms. The van der Waals surface area contributed by atoms with Crippen molar-refractivity contribution in [1.29, 1.82) is 0 Å². The van der Waals surface area contributed by atoms with E-state index in [4.69, 9.17) is 4.42 Å². The summed E-state index contributed by atoms with van der Waals surface area (Å²) < 4.78 is 7.28. The minimum absolute atomic E-state index is 0.0764. The summed E-state index contributed by atoms with van der Waals surface area (Å²) >= 11 is 0. The molecule has 0 fully saturated rings. The van der Waals surface area contributed by atoms with E-state index < -0.39 is 0 Å². The maximum Gasteiger partial charge on any atom is 0.322 e. The van der Waals surface area contributed by atoms with E-state index in [0.717, 1.165) is 11.3 Å². The first-order valence-corrected chi connectivity index (χ1v) is 8.20. The summed E-state index contributed by atoms with van der Waals surface area (Å²) in [4.78, 5) is 12.2. The molecular formula is C18H21N5O2. The zero-order chi connectivity index (χ0) is 18.0. The van der Waals surface area contributed by atoms with Gasteiger partial charge in [-0.25, -0.2) is 0 Å². The molecule has 1 aromatic carbocycles. The summed E-state index contributed by atoms with van der Waals surface area (Å²) in [6, 6.07) is 8.00. The third-order valence-electron chi connectivity index (χ3n) is 4.13. The summed E-state index contributed by atoms with van der Waals surface area (Å²) in [7, 11) is 0. The Balaban J connectivity index is 1.68. The standard InChI is InChI=1S/C18H21N5O2/c1-5-23-13(4)9-15(22-23)17(24)19-18-21-20-16(25-18)10-14-7-6-11(2)12(3)8-14/h6-9H,5,10H2,1-4H3,(H,19,21,24). The molecule has 1 amide bonds. The molecule has 7 heteroatoms. The van der Waals surface area contributed by atoms with Crippen molar-refractivity contribution in [1.82, 2.24) is 20.0 Å². The van der Waals surface area contributed by atoms with E-state index in [1.165, 1.54) is 11.1 Å². The van der Waals surface area contributed by atoms with E-state index in [1.807, 2.05) is 19.9 Å². The van der Waals surface area contributed by atoms with Crippen LogP contribution in [0.25, 0.3) is 0 Å². The highest BCUT2D eigenvalue weighted by Gasteiger charge is 2.15. The molecule has 0 atom stereocenters. The van der Waals surface area contributed by atoms with Crippen LogP contribution in [0.4, 0.5) is 6.01 Å². The van der Waals surface area contributed by atoms with Crippen molar-refractivity contribution in [2.45, 2.75) is 40.7 Å². The van der Waals surface area contributed by atoms with Crippen molar-refractivity contribution in [2.75, 3.05) is 5.32 Å². The van der Waals surface area contributed by atoms with Crippen LogP contribution < -0.4 is 5.32 Å². The van der Waals surface area contributed by atoms with Crippen molar-refractivity contribution in [3.05, 3.63) is 58.2 Å². The molecule has 0 bridgehead atoms. The van der Waals surface area contributed by atoms with Crippen LogP contribution in [0.15, 0.2) is 28.7 Å². The Hall–Kier alpha value is -2.96. The van der Waals surface area contributed by atoms with Crippen LogP contribution in [-0.2, 0) is 13.0 Å². The van der Waals surface area contributed by atoms with Gasteiger partial charge in [0.1, 0.15) is 0 Å². The minimum atomic E-state index is -0.364. The monoisotopic (exact) mass is 339 g/mol. The minimum Gasteiger partial charge on any atom is -0.407 e. The molecule has 0 aliphatic carbocycles. The lowest BCUT2D eigenvalue weighted by Crippen LogP contribution is -2.13. The number of aryl methyl sites for hydroxylation is 4. The van der Waals surface area contributed by atoms with E-state index in [9.17, 15) is 4.79 Å². The van der Waals surface area contributed by atoms with Gasteiger partial charge in [-0.15, -0.1) is 5.10 Å². The van der Waals surface area contributed by atoms with Crippen LogP contribution in [0.2, 0.25) is 0 Å². The van der Waals surface area contributed by atoms with Crippen molar-refractivity contribution < 1.29 is 9.21 Å². The molecular weight excluding hydrogens is 318 g/mol. The van der Waals surface area contributed by atoms with Crippen LogP contribution >= 0.6 is 0 Å². The molecule has 3 aromatic rings. The van der Waals surface area contributed by atoms with Crippen molar-refractivity contribution in [3.63, 3.8) is 0 Å². The average molecular weight is 339 g/mol. The van der Waals surface area contributed by atoms with Crippen molar-refractivity contribution in [3.8, 4) is 0 Å². The lowest BCUT2D eigenvalue weighted by molar-refractivity contribution is 0.101. The van der Waals surface area contributed by atoms with Crippen LogP contribution in [0.3, 0.4) is 0 Å². The maximum absolute atomic E-state index is 12.2. The Morgan fingerprint density at radius 2 is 1.96 bits per heavy atom. The van der Waals surface area contributed by atoms with Gasteiger partial charge in [0, 0.05) is 12.2 Å². The van der Waals surface area contributed by atoms with Gasteiger partial charge in [-0.05, 0) is 50.5 Å². The number of carbonyl (C=O) groups excluding carboxylic acids is 1. The second-order valence-electron chi connectivity index (χ2n) is 6.04. The fourth-order valence-electron chi connectivity index (χ4n) is 2.57. The molecule has 0 aliphatic heterocycles. The van der Waals surface area contributed by atoms with Crippen LogP contribution in [-0.4, -0.2) is 25.9 Å². The van der Waals surface area contributed by atoms with Gasteiger partial charge in [0.25, 0.3) is 5.91 Å². The van der Waals surface area contributed by atoms with E-state index in [1.54, 1.807) is 10.7 Å². The number of nitrogens with one attached hydrogen (secondary N) is 1. The lowest BCUT2D eigenvalue weighted by atomic mass is 10.0. The third kappa shape index (κ3) is 3.76. The van der Waals surface area contributed by atoms with Gasteiger partial charge in [-0.3, -0.25) is 14.8 Å². The van der Waals surface area contributed by atoms with Gasteiger partial charge in [-0.2, -0.15) is 5.10 Å². The lowest BCUT2D eigenvalue weighted by Gasteiger charge is -2.02. The normalized spacial score (nSPS) is 10.9. The number of hydrogen-bond donors (Lipinski definition) is 1. The SMILES string of the molecule is CCn1nc(C(=O)Nc2nnc(Cc3ccc(C)c(C)c3)o2)cc1C. The molecule has 0 aliphatic rings. The first-order chi connectivity index (χ1) is 12.0. The van der Waals surface area contributed by atoms with Crippen molar-refractivity contribution >= 4 is 11.9 Å². The molecule has 0 saturated heterocycles. The molecule has 7 nitrogen and oxygen atoms in total. The van der Waals surface area contributed by atoms with Crippen molar-refractivity contribution in [2.24, 2.45) is 0 Å². The van der Waals surface area contributed by atoms with E-state index in [-0.39, 0.29) is 11.9 Å². The summed E-state index contributed by atoms with van der Waals surface area (Å²) in [6.45, 7) is 8.72. The number of aromatic nitrogens is 4. The highest BCUT2D eigenvalue weighted by Crippen LogP contribution is 2.15. The Bertz CT molecular complexity index is 910. The third-order valence-corrected chi connectivity index (χ3v) is 4.13. The van der Waals surface area contributed by atoms with E-state index in [0.29, 0.717) is 24.6 Å². The number of amides is 1. The van der Waals surface area contributed by atoms with Gasteiger partial charge in [-0.1, -0.05) is 23.3 Å². The molecule has 2 aromatic heterocycles. The van der Waals surface area contributed by atoms with Gasteiger partial charge in [0.15, 0.2) is 5.69 Å². The number of rotatable bonds is 5. The highest BCUT2D eigenvalue weighted by atomic mass is 16.4. The smallest absolute Gasteiger partial charge is 0.322 e. The number of nitrogens with zero attached hydrogens (tertiary/aromatic N) is 4. The van der Waals surface area contributed by atoms with Crippen LogP contribution in [0.5, 0.6) is 0 Å². The quantitative estimate of drug-likeness (QED) is 0.772. The molecule has 0 unspecified atom stereocenters. The molecule has 3 rings (SSSR count). The van der Waals surface area contributed by atoms with Gasteiger partial charge < -0.3 is 4.42 Å². The van der Waals surface area contributed by atoms with Gasteiger partial charge >= 0.3 is 6.01 Å². The summed E-state index contributed by atoms with van der Waals surface area (Å²) in [5.41, 5.74) is 4.79. The molecule has 2 heterocycles. The molecule has 1 N–H and O–H groups in total. The average Bonchev–Trinajstić information content (AvgIpc) is 3.17. The summed E-state index contributed by atoms with van der Waals surface area (Å²) in [5.74, 6) is 0.0884. The zero-order valence-corrected chi connectivity index (χ0v) is 14.8. The topological polar surface area (TPSA) is 85.8 Å². The second-order valence-corrected chi connectivity index (χ2v) is 6.04. The van der Waals surface area contributed by atoms with Crippen LogP contribution in [0, 0.1) is 20.8 Å². The first kappa shape index (κ1) is 16.9. The predicted octanol–water partition coefficient (Wildman–Crippen LogP) is 3.05. The number of anilines is 1. The Morgan fingerprint density at radius 3 is 2.64 bits per heavy atom. The number of benzene rings is 1. The fourth-order valence-corrected chi connectivity index (χ4v) is 2.57. The largest absolute Gasteiger partial charge is 0.407 e. The molecule has 0 saturated carbocycles. The number of hydrogen-bond acceptors (Lipinski definition) is 5. The second kappa shape index (κ2) is 6.88. The fraction of sp³-hybridized carbons (Fsp3) is 0.333. The Labute approximate surface area is 146 Å². The summed E-state index contributed by atoms with van der Waals surface area (Å²) in [5, 5.41) is 14.7. The Morgan fingerprint density at radius 1 is 1.16 bits per heavy atom. The Kier molecular flexibility index (Phi) is 4.65. The number of carbonyl (C=O) groups is 1. The highest BCUT2D eigenvalue weighted by molar-refractivity contribution is 6.01. The van der Waals surface area contributed by atoms with E-state index >= 15 is 0 Å². The molecule has 130 valence electrons. The molecule has 25 heavy (non-hydrogen) atoms. The van der Waals surface area contributed by atoms with Crippen LogP contribution in [0.1, 0.15) is 45.7 Å². The first-order valence-electron chi connectivity index (χ1n) is 8.20. The zero-order valence-electron chi connectivity index (χ0n) is 14.8. The predicted molar refractivity (Wildman–Crippen MR) is 93.6 cm³/mol. The summed E-state index contributed by atoms with van der Waals surface area (Å²) in [6.07, 6.45) is 0.521. The maximum atomic E-state index is 12.2. The van der Waals surface area contributed by atoms with E-state index in [2.05, 4.69) is 46.6 Å². The van der Waals surface area contributed by atoms with Gasteiger partial charge in [0.2, 0.25) is 5.89 Å². The van der Waals surface area contributed by atoms with Gasteiger partial charge in [0.05, 0.1) is 6.42 Å². The molecule has 0 radical (unpaired) electrons.